The van der Waals surface area contributed by atoms with Gasteiger partial charge in [-0.25, -0.2) is 0 Å². The summed E-state index contributed by atoms with van der Waals surface area (Å²) in [6.07, 6.45) is 3.14. The number of rotatable bonds is 12. The quantitative estimate of drug-likeness (QED) is 0.152. The van der Waals surface area contributed by atoms with Gasteiger partial charge in [-0.2, -0.15) is 0 Å². The molecule has 0 radical (unpaired) electrons. The molecule has 178 valence electrons. The van der Waals surface area contributed by atoms with Gasteiger partial charge in [-0.1, -0.05) is 27.4 Å². The monoisotopic (exact) mass is 676 g/mol. The lowest BCUT2D eigenvalue weighted by Gasteiger charge is -2.33. The maximum Gasteiger partial charge on any atom is 0.113 e. The third-order valence-electron chi connectivity index (χ3n) is 4.20. The fourth-order valence-corrected chi connectivity index (χ4v) is 68.6. The summed E-state index contributed by atoms with van der Waals surface area (Å²) in [6.45, 7) is 10.6. The molecule has 1 heterocycles. The van der Waals surface area contributed by atoms with Crippen LogP contribution in [0.25, 0.3) is 0 Å². The lowest BCUT2D eigenvalue weighted by molar-refractivity contribution is -0.0329. The molecular formula is C13H38O3P14. The van der Waals surface area contributed by atoms with Gasteiger partial charge in [-0.15, -0.1) is 71.4 Å². The summed E-state index contributed by atoms with van der Waals surface area (Å²) in [5, 5.41) is 0. The molecule has 0 aromatic heterocycles. The number of hydrogen-bond donors (Lipinski definition) is 0. The Morgan fingerprint density at radius 1 is 0.967 bits per heavy atom. The molecule has 30 heavy (non-hydrogen) atoms. The Hall–Kier alpha value is 5.64. The minimum absolute atomic E-state index is 0.0275. The van der Waals surface area contributed by atoms with E-state index in [0.717, 1.165) is 19.3 Å². The summed E-state index contributed by atoms with van der Waals surface area (Å²) in [5.41, 5.74) is 1.51. The van der Waals surface area contributed by atoms with E-state index in [1.165, 1.54) is 5.57 Å². The van der Waals surface area contributed by atoms with Crippen LogP contribution in [-0.4, -0.2) is 24.9 Å². The number of hydrogen-bond acceptors (Lipinski definition) is 3. The largest absolute Gasteiger partial charge is 0.368 e. The third kappa shape index (κ3) is 12.9. The fourth-order valence-electron chi connectivity index (χ4n) is 2.75. The summed E-state index contributed by atoms with van der Waals surface area (Å²) in [6, 6.07) is 0. The molecule has 0 bridgehead atoms. The maximum absolute atomic E-state index is 6.75. The van der Waals surface area contributed by atoms with Crippen molar-refractivity contribution in [1.29, 1.82) is 0 Å². The first kappa shape index (κ1) is 33.7. The van der Waals surface area contributed by atoms with Gasteiger partial charge in [0.2, 0.25) is 0 Å². The van der Waals surface area contributed by atoms with Gasteiger partial charge in [0, 0.05) is 0 Å². The predicted octanol–water partition coefficient (Wildman–Crippen LogP) is 10.6. The SMILES string of the molecule is C=C1CC([C@H](COP(P(P)P)P(P)P)OP(P(P)P)P(P)P)OC1CCC(C)(C)C. The fraction of sp³-hybridized carbons (Fsp3) is 0.846. The smallest absolute Gasteiger partial charge is 0.113 e. The van der Waals surface area contributed by atoms with E-state index in [2.05, 4.69) is 98.8 Å². The molecule has 1 fully saturated rings. The first-order valence-corrected chi connectivity index (χ1v) is 32.8. The standard InChI is InChI=1S/C13H38O3P14/c1-9-7-11(15-10(9)5-6-13(2,3)4)12(16-26(29(21)22)30(23)24)8-14-25(27(17)18)28(19)20/h10-12H,1,5-8,17-24H2,2-4H3/t10?,11?,12-/m0/s1. The van der Waals surface area contributed by atoms with Gasteiger partial charge in [-0.3, -0.25) is 0 Å². The van der Waals surface area contributed by atoms with Crippen LogP contribution >= 0.6 is 114 Å². The molecule has 1 rings (SSSR count). The minimum Gasteiger partial charge on any atom is -0.368 e. The molecule has 0 N–H and O–H groups in total. The molecule has 0 aromatic rings. The molecule has 0 saturated carbocycles. The second-order valence-corrected chi connectivity index (χ2v) is 55.3. The van der Waals surface area contributed by atoms with Gasteiger partial charge in [0.05, 0.1) is 33.9 Å². The normalized spacial score (nSPS) is 22.0. The van der Waals surface area contributed by atoms with Crippen molar-refractivity contribution in [3.8, 4) is 0 Å². The van der Waals surface area contributed by atoms with E-state index in [9.17, 15) is 0 Å². The molecule has 17 heteroatoms. The first-order valence-electron chi connectivity index (χ1n) is 9.13. The van der Waals surface area contributed by atoms with Crippen LogP contribution in [0.2, 0.25) is 0 Å². The summed E-state index contributed by atoms with van der Waals surface area (Å²) in [4.78, 5) is 0. The molecule has 0 aliphatic carbocycles. The Morgan fingerprint density at radius 3 is 1.90 bits per heavy atom. The van der Waals surface area contributed by atoms with E-state index >= 15 is 0 Å². The van der Waals surface area contributed by atoms with Crippen molar-refractivity contribution < 1.29 is 13.8 Å². The lowest BCUT2D eigenvalue weighted by atomic mass is 9.88. The molecule has 1 aliphatic heterocycles. The minimum atomic E-state index is -0.562. The molecule has 0 spiro atoms. The van der Waals surface area contributed by atoms with Crippen LogP contribution in [-0.2, 0) is 13.8 Å². The predicted molar refractivity (Wildman–Crippen MR) is 181 cm³/mol. The van der Waals surface area contributed by atoms with E-state index in [1.54, 1.807) is 0 Å². The van der Waals surface area contributed by atoms with Gasteiger partial charge in [0.1, 0.15) is 6.10 Å². The van der Waals surface area contributed by atoms with Crippen molar-refractivity contribution in [3.05, 3.63) is 12.2 Å². The second kappa shape index (κ2) is 16.6. The highest BCUT2D eigenvalue weighted by Crippen LogP contribution is 2.99. The van der Waals surface area contributed by atoms with Crippen LogP contribution in [0.1, 0.15) is 40.0 Å². The Labute approximate surface area is 209 Å². The van der Waals surface area contributed by atoms with Gasteiger partial charge in [0.25, 0.3) is 0 Å². The number of ether oxygens (including phenoxy) is 1. The van der Waals surface area contributed by atoms with Crippen LogP contribution in [0.3, 0.4) is 0 Å². The highest BCUT2D eigenvalue weighted by atomic mass is 33.0. The summed E-state index contributed by atoms with van der Waals surface area (Å²) < 4.78 is 19.8. The molecule has 0 aromatic carbocycles. The van der Waals surface area contributed by atoms with Gasteiger partial charge < -0.3 is 13.8 Å². The van der Waals surface area contributed by atoms with Crippen molar-refractivity contribution in [2.75, 3.05) is 6.61 Å². The molecule has 3 nitrogen and oxygen atoms in total. The van der Waals surface area contributed by atoms with E-state index < -0.39 is 15.1 Å². The van der Waals surface area contributed by atoms with Crippen molar-refractivity contribution in [3.63, 3.8) is 0 Å². The van der Waals surface area contributed by atoms with Crippen LogP contribution < -0.4 is 0 Å². The van der Waals surface area contributed by atoms with Gasteiger partial charge >= 0.3 is 0 Å². The van der Waals surface area contributed by atoms with Crippen LogP contribution in [0.5, 0.6) is 0 Å². The Morgan fingerprint density at radius 2 is 1.47 bits per heavy atom. The van der Waals surface area contributed by atoms with E-state index in [0.29, 0.717) is 12.0 Å². The Kier molecular flexibility index (Phi) is 18.6. The highest BCUT2D eigenvalue weighted by molar-refractivity contribution is 8.96. The third-order valence-corrected chi connectivity index (χ3v) is 49.2. The lowest BCUT2D eigenvalue weighted by Crippen LogP contribution is -2.31. The zero-order valence-corrected chi connectivity index (χ0v) is 32.4. The topological polar surface area (TPSA) is 27.7 Å². The van der Waals surface area contributed by atoms with Gasteiger partial charge in [-0.05, 0) is 58.2 Å². The van der Waals surface area contributed by atoms with Crippen LogP contribution in [0, 0.1) is 5.41 Å². The van der Waals surface area contributed by atoms with E-state index in [1.807, 2.05) is 0 Å². The Bertz CT molecular complexity index is 512. The zero-order valence-electron chi connectivity index (χ0n) is 17.8. The molecule has 1 aliphatic rings. The van der Waals surface area contributed by atoms with Crippen molar-refractivity contribution in [2.45, 2.75) is 58.3 Å². The maximum atomic E-state index is 6.75. The van der Waals surface area contributed by atoms with Crippen LogP contribution in [0.4, 0.5) is 0 Å². The summed E-state index contributed by atoms with van der Waals surface area (Å²) in [7, 11) is 22.5. The summed E-state index contributed by atoms with van der Waals surface area (Å²) in [5.74, 6) is 0. The summed E-state index contributed by atoms with van der Waals surface area (Å²) >= 11 is 0. The molecule has 0 amide bonds. The molecular weight excluding hydrogens is 638 g/mol. The van der Waals surface area contributed by atoms with Crippen molar-refractivity contribution in [2.24, 2.45) is 5.41 Å². The van der Waals surface area contributed by atoms with Crippen molar-refractivity contribution >= 4 is 114 Å². The van der Waals surface area contributed by atoms with Gasteiger partial charge in [0.15, 0.2) is 0 Å². The van der Waals surface area contributed by atoms with E-state index in [4.69, 9.17) is 13.8 Å². The molecule has 11 atom stereocenters. The zero-order chi connectivity index (χ0) is 23.2. The van der Waals surface area contributed by atoms with Crippen LogP contribution in [0.15, 0.2) is 12.2 Å². The second-order valence-electron chi connectivity index (χ2n) is 8.09. The first-order chi connectivity index (χ1) is 13.7. The molecule has 1 saturated heterocycles. The Balaban J connectivity index is 2.92. The molecule has 10 unspecified atom stereocenters. The van der Waals surface area contributed by atoms with Crippen molar-refractivity contribution in [1.82, 2.24) is 0 Å². The highest BCUT2D eigenvalue weighted by Gasteiger charge is 2.38. The average molecular weight is 676 g/mol. The average Bonchev–Trinajstić information content (AvgIpc) is 2.94. The van der Waals surface area contributed by atoms with E-state index in [-0.39, 0.29) is 46.3 Å².